The maximum Gasteiger partial charge on any atom is 0.209 e. The van der Waals surface area contributed by atoms with Gasteiger partial charge in [0.05, 0.1) is 6.54 Å². The summed E-state index contributed by atoms with van der Waals surface area (Å²) in [5, 5.41) is 16.6. The van der Waals surface area contributed by atoms with Gasteiger partial charge in [-0.25, -0.2) is 4.68 Å². The lowest BCUT2D eigenvalue weighted by molar-refractivity contribution is 0.0999. The third-order valence-corrected chi connectivity index (χ3v) is 4.00. The van der Waals surface area contributed by atoms with Crippen LogP contribution in [0.1, 0.15) is 19.8 Å². The van der Waals surface area contributed by atoms with Crippen LogP contribution in [0.15, 0.2) is 5.16 Å². The molecule has 2 heterocycles. The van der Waals surface area contributed by atoms with Crippen LogP contribution < -0.4 is 5.32 Å². The summed E-state index contributed by atoms with van der Waals surface area (Å²) >= 11 is 1.77. The van der Waals surface area contributed by atoms with Gasteiger partial charge < -0.3 is 10.1 Å². The van der Waals surface area contributed by atoms with Gasteiger partial charge in [0, 0.05) is 25.0 Å². The van der Waals surface area contributed by atoms with E-state index < -0.39 is 0 Å². The first kappa shape index (κ1) is 12.8. The first-order chi connectivity index (χ1) is 8.40. The van der Waals surface area contributed by atoms with Crippen LogP contribution >= 0.6 is 11.8 Å². The molecule has 1 fully saturated rings. The summed E-state index contributed by atoms with van der Waals surface area (Å²) < 4.78 is 7.22. The summed E-state index contributed by atoms with van der Waals surface area (Å²) in [5.74, 6) is 0. The molecule has 0 aromatic carbocycles. The van der Waals surface area contributed by atoms with E-state index in [1.165, 1.54) is 0 Å². The van der Waals surface area contributed by atoms with E-state index in [1.54, 1.807) is 11.8 Å². The molecule has 17 heavy (non-hydrogen) atoms. The summed E-state index contributed by atoms with van der Waals surface area (Å²) in [6, 6.07) is 0. The molecule has 2 rings (SSSR count). The maximum absolute atomic E-state index is 5.35. The Morgan fingerprint density at radius 3 is 3.06 bits per heavy atom. The molecule has 0 unspecified atom stereocenters. The van der Waals surface area contributed by atoms with Crippen LogP contribution in [-0.2, 0) is 11.3 Å². The first-order valence-corrected chi connectivity index (χ1v) is 6.99. The Balaban J connectivity index is 1.84. The highest BCUT2D eigenvalue weighted by Crippen LogP contribution is 2.27. The Morgan fingerprint density at radius 1 is 1.47 bits per heavy atom. The molecule has 0 amide bonds. The van der Waals surface area contributed by atoms with E-state index in [9.17, 15) is 0 Å². The minimum Gasteiger partial charge on any atom is -0.381 e. The fourth-order valence-corrected chi connectivity index (χ4v) is 2.79. The van der Waals surface area contributed by atoms with Crippen molar-refractivity contribution in [2.45, 2.75) is 36.7 Å². The van der Waals surface area contributed by atoms with E-state index in [1.807, 2.05) is 4.68 Å². The molecule has 0 aliphatic carbocycles. The lowest BCUT2D eigenvalue weighted by atomic mass is 10.2. The minimum absolute atomic E-state index is 0.590. The molecule has 96 valence electrons. The zero-order chi connectivity index (χ0) is 11.9. The number of aromatic nitrogens is 4. The molecule has 1 N–H and O–H groups in total. The Morgan fingerprint density at radius 2 is 2.29 bits per heavy atom. The average Bonchev–Trinajstić information content (AvgIpc) is 2.79. The highest BCUT2D eigenvalue weighted by molar-refractivity contribution is 7.99. The van der Waals surface area contributed by atoms with Crippen LogP contribution in [0.5, 0.6) is 0 Å². The number of thioether (sulfide) groups is 1. The van der Waals surface area contributed by atoms with Crippen molar-refractivity contribution in [2.75, 3.05) is 26.3 Å². The largest absolute Gasteiger partial charge is 0.381 e. The van der Waals surface area contributed by atoms with Gasteiger partial charge in [-0.2, -0.15) is 0 Å². The van der Waals surface area contributed by atoms with Crippen molar-refractivity contribution in [1.29, 1.82) is 0 Å². The Bertz CT molecular complexity index is 326. The van der Waals surface area contributed by atoms with Crippen molar-refractivity contribution in [2.24, 2.45) is 0 Å². The van der Waals surface area contributed by atoms with Gasteiger partial charge in [-0.15, -0.1) is 5.10 Å². The van der Waals surface area contributed by atoms with Gasteiger partial charge in [0.25, 0.3) is 0 Å². The van der Waals surface area contributed by atoms with Crippen molar-refractivity contribution in [3.8, 4) is 0 Å². The number of nitrogens with one attached hydrogen (secondary N) is 1. The van der Waals surface area contributed by atoms with Gasteiger partial charge in [-0.1, -0.05) is 18.7 Å². The number of rotatable bonds is 6. The van der Waals surface area contributed by atoms with Crippen LogP contribution in [-0.4, -0.2) is 51.8 Å². The molecule has 1 aromatic rings. The monoisotopic (exact) mass is 257 g/mol. The molecule has 0 bridgehead atoms. The van der Waals surface area contributed by atoms with Crippen molar-refractivity contribution in [3.63, 3.8) is 0 Å². The van der Waals surface area contributed by atoms with Crippen molar-refractivity contribution < 1.29 is 4.74 Å². The summed E-state index contributed by atoms with van der Waals surface area (Å²) in [6.07, 6.45) is 2.18. The normalized spacial score (nSPS) is 17.5. The highest BCUT2D eigenvalue weighted by Gasteiger charge is 2.18. The number of hydrogen-bond acceptors (Lipinski definition) is 6. The van der Waals surface area contributed by atoms with E-state index in [-0.39, 0.29) is 0 Å². The Hall–Kier alpha value is -0.660. The van der Waals surface area contributed by atoms with Crippen LogP contribution in [0, 0.1) is 0 Å². The van der Waals surface area contributed by atoms with Gasteiger partial charge in [0.1, 0.15) is 0 Å². The van der Waals surface area contributed by atoms with Gasteiger partial charge >= 0.3 is 0 Å². The summed E-state index contributed by atoms with van der Waals surface area (Å²) in [7, 11) is 0. The zero-order valence-corrected chi connectivity index (χ0v) is 10.9. The smallest absolute Gasteiger partial charge is 0.209 e. The lowest BCUT2D eigenvalue weighted by Gasteiger charge is -2.20. The molecule has 7 heteroatoms. The Kier molecular flexibility index (Phi) is 5.21. The Labute approximate surface area is 105 Å². The van der Waals surface area contributed by atoms with E-state index in [0.29, 0.717) is 5.25 Å². The second-order valence-corrected chi connectivity index (χ2v) is 5.24. The molecular weight excluding hydrogens is 238 g/mol. The molecule has 6 nitrogen and oxygen atoms in total. The number of ether oxygens (including phenoxy) is 1. The van der Waals surface area contributed by atoms with E-state index >= 15 is 0 Å². The SMILES string of the molecule is CCNCCn1nnnc1SC1CCOCC1. The maximum atomic E-state index is 5.35. The summed E-state index contributed by atoms with van der Waals surface area (Å²) in [5.41, 5.74) is 0. The first-order valence-electron chi connectivity index (χ1n) is 6.11. The quantitative estimate of drug-likeness (QED) is 0.751. The molecule has 0 spiro atoms. The zero-order valence-electron chi connectivity index (χ0n) is 10.1. The van der Waals surface area contributed by atoms with Gasteiger partial charge in [0.15, 0.2) is 0 Å². The minimum atomic E-state index is 0.590. The number of nitrogens with zero attached hydrogens (tertiary/aromatic N) is 4. The topological polar surface area (TPSA) is 64.9 Å². The third kappa shape index (κ3) is 3.93. The molecule has 1 saturated heterocycles. The van der Waals surface area contributed by atoms with Gasteiger partial charge in [0.2, 0.25) is 5.16 Å². The molecule has 1 aliphatic rings. The predicted octanol–water partition coefficient (Wildman–Crippen LogP) is 0.554. The second kappa shape index (κ2) is 6.93. The van der Waals surface area contributed by atoms with E-state index in [2.05, 4.69) is 27.8 Å². The van der Waals surface area contributed by atoms with Gasteiger partial charge in [-0.05, 0) is 29.8 Å². The fourth-order valence-electron chi connectivity index (χ4n) is 1.73. The number of likely N-dealkylation sites (N-methyl/N-ethyl adjacent to an activating group) is 1. The van der Waals surface area contributed by atoms with Crippen LogP contribution in [0.4, 0.5) is 0 Å². The number of hydrogen-bond donors (Lipinski definition) is 1. The highest BCUT2D eigenvalue weighted by atomic mass is 32.2. The van der Waals surface area contributed by atoms with Crippen LogP contribution in [0.2, 0.25) is 0 Å². The molecule has 0 saturated carbocycles. The average molecular weight is 257 g/mol. The lowest BCUT2D eigenvalue weighted by Crippen LogP contribution is -2.21. The van der Waals surface area contributed by atoms with Crippen molar-refractivity contribution >= 4 is 11.8 Å². The standard InChI is InChI=1S/C10H19N5OS/c1-2-11-5-6-15-10(12-13-14-15)17-9-3-7-16-8-4-9/h9,11H,2-8H2,1H3. The molecule has 1 aliphatic heterocycles. The summed E-state index contributed by atoms with van der Waals surface area (Å²) in [6.45, 7) is 6.52. The second-order valence-electron chi connectivity index (χ2n) is 3.97. The molecule has 0 radical (unpaired) electrons. The summed E-state index contributed by atoms with van der Waals surface area (Å²) in [4.78, 5) is 0. The van der Waals surface area contributed by atoms with Gasteiger partial charge in [-0.3, -0.25) is 0 Å². The van der Waals surface area contributed by atoms with E-state index in [4.69, 9.17) is 4.74 Å². The molecule has 1 aromatic heterocycles. The van der Waals surface area contributed by atoms with Crippen molar-refractivity contribution in [1.82, 2.24) is 25.5 Å². The predicted molar refractivity (Wildman–Crippen MR) is 66.1 cm³/mol. The van der Waals surface area contributed by atoms with Crippen molar-refractivity contribution in [3.05, 3.63) is 0 Å². The van der Waals surface area contributed by atoms with Crippen LogP contribution in [0.25, 0.3) is 0 Å². The molecule has 0 atom stereocenters. The van der Waals surface area contributed by atoms with E-state index in [0.717, 1.165) is 50.8 Å². The third-order valence-electron chi connectivity index (χ3n) is 2.69. The molecular formula is C10H19N5OS. The fraction of sp³-hybridized carbons (Fsp3) is 0.900. The number of tetrazole rings is 1. The van der Waals surface area contributed by atoms with Crippen LogP contribution in [0.3, 0.4) is 0 Å².